The van der Waals surface area contributed by atoms with E-state index in [0.717, 1.165) is 6.26 Å². The number of carbonyl (C=O) groups is 2. The summed E-state index contributed by atoms with van der Waals surface area (Å²) in [5.41, 5.74) is 0.306. The second kappa shape index (κ2) is 9.11. The molecule has 134 valence electrons. The van der Waals surface area contributed by atoms with Gasteiger partial charge in [-0.05, 0) is 31.5 Å². The minimum absolute atomic E-state index is 0.000554. The summed E-state index contributed by atoms with van der Waals surface area (Å²) < 4.78 is 32.5. The maximum atomic E-state index is 12.1. The molecule has 0 aromatic heterocycles. The van der Waals surface area contributed by atoms with E-state index < -0.39 is 22.4 Å². The summed E-state index contributed by atoms with van der Waals surface area (Å²) >= 11 is 0. The van der Waals surface area contributed by atoms with Gasteiger partial charge in [0.05, 0.1) is 12.4 Å². The standard InChI is InChI=1S/C15H21NO7S/c1-3-22-13-9-11(5-6-12(13)23-10-14(17)18)15(19)16-7-4-8-24(2,20)21/h5-6,9H,3-4,7-8,10H2,1-2H3,(H,16,19)(H,17,18). The second-order valence-electron chi connectivity index (χ2n) is 5.02. The zero-order valence-corrected chi connectivity index (χ0v) is 14.4. The van der Waals surface area contributed by atoms with Crippen LogP contribution in [0.25, 0.3) is 0 Å². The summed E-state index contributed by atoms with van der Waals surface area (Å²) in [7, 11) is -3.06. The molecule has 0 heterocycles. The van der Waals surface area contributed by atoms with Gasteiger partial charge in [0.1, 0.15) is 9.84 Å². The van der Waals surface area contributed by atoms with Crippen LogP contribution in [0.4, 0.5) is 0 Å². The van der Waals surface area contributed by atoms with Crippen molar-refractivity contribution in [3.63, 3.8) is 0 Å². The fraction of sp³-hybridized carbons (Fsp3) is 0.467. The van der Waals surface area contributed by atoms with E-state index in [-0.39, 0.29) is 29.7 Å². The number of carboxylic acids is 1. The van der Waals surface area contributed by atoms with Crippen LogP contribution >= 0.6 is 0 Å². The van der Waals surface area contributed by atoms with Gasteiger partial charge in [0, 0.05) is 18.4 Å². The minimum Gasteiger partial charge on any atom is -0.490 e. The minimum atomic E-state index is -3.06. The highest BCUT2D eigenvalue weighted by Gasteiger charge is 2.13. The maximum Gasteiger partial charge on any atom is 0.341 e. The van der Waals surface area contributed by atoms with E-state index in [1.54, 1.807) is 6.92 Å². The Hall–Kier alpha value is -2.29. The van der Waals surface area contributed by atoms with Crippen molar-refractivity contribution in [2.24, 2.45) is 0 Å². The molecular weight excluding hydrogens is 338 g/mol. The maximum absolute atomic E-state index is 12.1. The predicted molar refractivity (Wildman–Crippen MR) is 87.4 cm³/mol. The summed E-state index contributed by atoms with van der Waals surface area (Å²) in [5, 5.41) is 11.3. The van der Waals surface area contributed by atoms with Crippen molar-refractivity contribution in [1.82, 2.24) is 5.32 Å². The number of hydrogen-bond acceptors (Lipinski definition) is 6. The fourth-order valence-electron chi connectivity index (χ4n) is 1.81. The highest BCUT2D eigenvalue weighted by atomic mass is 32.2. The van der Waals surface area contributed by atoms with Gasteiger partial charge in [0.25, 0.3) is 5.91 Å². The fourth-order valence-corrected chi connectivity index (χ4v) is 2.48. The molecule has 8 nitrogen and oxygen atoms in total. The molecular formula is C15H21NO7S. The molecule has 1 rings (SSSR count). The normalized spacial score (nSPS) is 10.9. The van der Waals surface area contributed by atoms with Crippen LogP contribution in [0.2, 0.25) is 0 Å². The predicted octanol–water partition coefficient (Wildman–Crippen LogP) is 0.713. The SMILES string of the molecule is CCOc1cc(C(=O)NCCCS(C)(=O)=O)ccc1OCC(=O)O. The van der Waals surface area contributed by atoms with Crippen LogP contribution in [0.15, 0.2) is 18.2 Å². The van der Waals surface area contributed by atoms with Gasteiger partial charge in [0.2, 0.25) is 0 Å². The molecule has 9 heteroatoms. The van der Waals surface area contributed by atoms with Crippen LogP contribution in [-0.4, -0.2) is 57.2 Å². The number of nitrogens with one attached hydrogen (secondary N) is 1. The molecule has 0 aliphatic rings. The van der Waals surface area contributed by atoms with Gasteiger partial charge in [-0.1, -0.05) is 0 Å². The van der Waals surface area contributed by atoms with Crippen LogP contribution in [0.5, 0.6) is 11.5 Å². The molecule has 0 spiro atoms. The zero-order valence-electron chi connectivity index (χ0n) is 13.6. The lowest BCUT2D eigenvalue weighted by Crippen LogP contribution is -2.26. The number of carboxylic acid groups (broad SMARTS) is 1. The van der Waals surface area contributed by atoms with Crippen LogP contribution < -0.4 is 14.8 Å². The third-order valence-electron chi connectivity index (χ3n) is 2.83. The quantitative estimate of drug-likeness (QED) is 0.591. The summed E-state index contributed by atoms with van der Waals surface area (Å²) in [4.78, 5) is 22.6. The van der Waals surface area contributed by atoms with Gasteiger partial charge in [-0.3, -0.25) is 4.79 Å². The van der Waals surface area contributed by atoms with Gasteiger partial charge in [-0.2, -0.15) is 0 Å². The second-order valence-corrected chi connectivity index (χ2v) is 7.28. The Morgan fingerprint density at radius 2 is 1.92 bits per heavy atom. The van der Waals surface area contributed by atoms with E-state index in [4.69, 9.17) is 14.6 Å². The molecule has 1 aromatic rings. The smallest absolute Gasteiger partial charge is 0.341 e. The first-order chi connectivity index (χ1) is 11.2. The molecule has 0 unspecified atom stereocenters. The third kappa shape index (κ3) is 7.32. The highest BCUT2D eigenvalue weighted by molar-refractivity contribution is 7.90. The number of amides is 1. The number of ether oxygens (including phenoxy) is 2. The molecule has 0 fully saturated rings. The van der Waals surface area contributed by atoms with E-state index in [1.807, 2.05) is 0 Å². The van der Waals surface area contributed by atoms with Crippen molar-refractivity contribution in [2.45, 2.75) is 13.3 Å². The van der Waals surface area contributed by atoms with E-state index in [2.05, 4.69) is 5.32 Å². The molecule has 0 aliphatic heterocycles. The molecule has 0 aliphatic carbocycles. The van der Waals surface area contributed by atoms with Crippen molar-refractivity contribution in [1.29, 1.82) is 0 Å². The number of carbonyl (C=O) groups excluding carboxylic acids is 1. The Kier molecular flexibility index (Phi) is 7.50. The van der Waals surface area contributed by atoms with Gasteiger partial charge in [-0.15, -0.1) is 0 Å². The van der Waals surface area contributed by atoms with Crippen molar-refractivity contribution in [3.8, 4) is 11.5 Å². The van der Waals surface area contributed by atoms with Crippen molar-refractivity contribution in [3.05, 3.63) is 23.8 Å². The summed E-state index contributed by atoms with van der Waals surface area (Å²) in [6.07, 6.45) is 1.46. The lowest BCUT2D eigenvalue weighted by molar-refractivity contribution is -0.139. The molecule has 0 atom stereocenters. The lowest BCUT2D eigenvalue weighted by atomic mass is 10.2. The molecule has 24 heavy (non-hydrogen) atoms. The van der Waals surface area contributed by atoms with E-state index >= 15 is 0 Å². The number of benzene rings is 1. The Bertz CT molecular complexity index is 685. The van der Waals surface area contributed by atoms with Crippen LogP contribution in [0.3, 0.4) is 0 Å². The molecule has 1 amide bonds. The Balaban J connectivity index is 2.71. The largest absolute Gasteiger partial charge is 0.490 e. The zero-order chi connectivity index (χ0) is 18.2. The van der Waals surface area contributed by atoms with Crippen molar-refractivity contribution < 1.29 is 32.6 Å². The lowest BCUT2D eigenvalue weighted by Gasteiger charge is -2.12. The van der Waals surface area contributed by atoms with Gasteiger partial charge >= 0.3 is 5.97 Å². The molecule has 1 aromatic carbocycles. The first-order valence-corrected chi connectivity index (χ1v) is 9.36. The average molecular weight is 359 g/mol. The highest BCUT2D eigenvalue weighted by Crippen LogP contribution is 2.28. The number of rotatable bonds is 10. The molecule has 0 saturated heterocycles. The van der Waals surface area contributed by atoms with Gasteiger partial charge in [0.15, 0.2) is 18.1 Å². The van der Waals surface area contributed by atoms with Gasteiger partial charge < -0.3 is 19.9 Å². The van der Waals surface area contributed by atoms with Crippen molar-refractivity contribution in [2.75, 3.05) is 31.8 Å². The topological polar surface area (TPSA) is 119 Å². The first-order valence-electron chi connectivity index (χ1n) is 7.30. The Morgan fingerprint density at radius 1 is 1.21 bits per heavy atom. The first kappa shape index (κ1) is 19.8. The third-order valence-corrected chi connectivity index (χ3v) is 3.86. The van der Waals surface area contributed by atoms with Crippen LogP contribution in [0.1, 0.15) is 23.7 Å². The summed E-state index contributed by atoms with van der Waals surface area (Å²) in [5.74, 6) is -1.01. The number of aliphatic carboxylic acids is 1. The average Bonchev–Trinajstić information content (AvgIpc) is 2.49. The van der Waals surface area contributed by atoms with E-state index in [0.29, 0.717) is 18.6 Å². The Morgan fingerprint density at radius 3 is 2.50 bits per heavy atom. The summed E-state index contributed by atoms with van der Waals surface area (Å²) in [6.45, 7) is 1.78. The molecule has 0 saturated carbocycles. The number of hydrogen-bond donors (Lipinski definition) is 2. The van der Waals surface area contributed by atoms with E-state index in [1.165, 1.54) is 18.2 Å². The molecule has 0 radical (unpaired) electrons. The van der Waals surface area contributed by atoms with Crippen LogP contribution in [0, 0.1) is 0 Å². The number of sulfone groups is 1. The monoisotopic (exact) mass is 359 g/mol. The molecule has 0 bridgehead atoms. The molecule has 2 N–H and O–H groups in total. The van der Waals surface area contributed by atoms with Crippen LogP contribution in [-0.2, 0) is 14.6 Å². The summed E-state index contributed by atoms with van der Waals surface area (Å²) in [6, 6.07) is 4.39. The van der Waals surface area contributed by atoms with Crippen molar-refractivity contribution >= 4 is 21.7 Å². The van der Waals surface area contributed by atoms with E-state index in [9.17, 15) is 18.0 Å². The Labute approximate surface area is 140 Å². The van der Waals surface area contributed by atoms with Gasteiger partial charge in [-0.25, -0.2) is 13.2 Å².